The fraction of sp³-hybridized carbons (Fsp3) is 0.529. The first-order chi connectivity index (χ1) is 21.2. The van der Waals surface area contributed by atoms with E-state index in [-0.39, 0.29) is 12.0 Å². The maximum absolute atomic E-state index is 12.8. The van der Waals surface area contributed by atoms with Gasteiger partial charge in [0.2, 0.25) is 0 Å². The fourth-order valence-corrected chi connectivity index (χ4v) is 6.39. The van der Waals surface area contributed by atoms with Gasteiger partial charge in [0.25, 0.3) is 0 Å². The van der Waals surface area contributed by atoms with E-state index in [1.54, 1.807) is 0 Å². The van der Waals surface area contributed by atoms with Gasteiger partial charge in [-0.15, -0.1) is 0 Å². The Kier molecular flexibility index (Phi) is 8.61. The zero-order valence-corrected chi connectivity index (χ0v) is 26.3. The molecule has 3 aliphatic rings. The second kappa shape index (κ2) is 12.6. The Bertz CT molecular complexity index is 1560. The topological polar surface area (TPSA) is 107 Å². The van der Waals surface area contributed by atoms with E-state index < -0.39 is 5.41 Å². The van der Waals surface area contributed by atoms with Crippen LogP contribution >= 0.6 is 0 Å². The van der Waals surface area contributed by atoms with E-state index in [1.807, 2.05) is 45.0 Å². The van der Waals surface area contributed by atoms with Crippen molar-refractivity contribution >= 4 is 28.2 Å². The van der Waals surface area contributed by atoms with Gasteiger partial charge in [-0.25, -0.2) is 0 Å². The van der Waals surface area contributed by atoms with Gasteiger partial charge in [0.15, 0.2) is 0 Å². The minimum Gasteiger partial charge on any atom is -0.462 e. The number of nitrogens with zero attached hydrogens (tertiary/aromatic N) is 6. The number of rotatable bonds is 7. The molecule has 0 amide bonds. The van der Waals surface area contributed by atoms with E-state index in [1.165, 1.54) is 6.42 Å². The van der Waals surface area contributed by atoms with Crippen LogP contribution in [0.25, 0.3) is 10.8 Å². The number of nitrogens with one attached hydrogen (secondary N) is 1. The largest absolute Gasteiger partial charge is 0.462 e. The van der Waals surface area contributed by atoms with E-state index in [2.05, 4.69) is 45.3 Å². The summed E-state index contributed by atoms with van der Waals surface area (Å²) in [6.07, 6.45) is 3.51. The second-order valence-electron chi connectivity index (χ2n) is 13.3. The summed E-state index contributed by atoms with van der Waals surface area (Å²) in [5.41, 5.74) is 2.50. The monoisotopic (exact) mass is 597 g/mol. The molecule has 6 rings (SSSR count). The Balaban J connectivity index is 1.34. The lowest BCUT2D eigenvalue weighted by atomic mass is 9.97. The highest BCUT2D eigenvalue weighted by atomic mass is 16.5. The van der Waals surface area contributed by atoms with Crippen molar-refractivity contribution < 1.29 is 14.3 Å². The van der Waals surface area contributed by atoms with Crippen molar-refractivity contribution in [1.29, 1.82) is 5.26 Å². The van der Waals surface area contributed by atoms with Crippen LogP contribution in [0.4, 0.5) is 11.5 Å². The molecule has 232 valence electrons. The van der Waals surface area contributed by atoms with Crippen molar-refractivity contribution in [2.24, 2.45) is 5.41 Å². The number of piperazine rings is 1. The number of carbonyl (C=O) groups excluding carboxylic acids is 1. The van der Waals surface area contributed by atoms with Crippen LogP contribution in [0, 0.1) is 16.7 Å². The van der Waals surface area contributed by atoms with Crippen LogP contribution in [0.3, 0.4) is 0 Å². The number of nitriles is 1. The molecule has 0 saturated carbocycles. The average molecular weight is 598 g/mol. The molecule has 2 fully saturated rings. The van der Waals surface area contributed by atoms with Gasteiger partial charge in [-0.2, -0.15) is 15.2 Å². The van der Waals surface area contributed by atoms with E-state index in [9.17, 15) is 10.1 Å². The molecule has 0 spiro atoms. The highest BCUT2D eigenvalue weighted by Gasteiger charge is 2.31. The van der Waals surface area contributed by atoms with Crippen molar-refractivity contribution in [2.45, 2.75) is 65.1 Å². The number of ether oxygens (including phenoxy) is 2. The lowest BCUT2D eigenvalue weighted by Gasteiger charge is -2.37. The normalized spacial score (nSPS) is 20.8. The first kappa shape index (κ1) is 30.1. The van der Waals surface area contributed by atoms with Crippen molar-refractivity contribution in [3.05, 3.63) is 47.7 Å². The molecular weight excluding hydrogens is 554 g/mol. The number of anilines is 2. The van der Waals surface area contributed by atoms with Crippen LogP contribution in [0.5, 0.6) is 11.8 Å². The number of carbonyl (C=O) groups is 1. The number of likely N-dealkylation sites (tertiary alicyclic amines) is 1. The highest BCUT2D eigenvalue weighted by molar-refractivity contribution is 5.96. The van der Waals surface area contributed by atoms with Gasteiger partial charge in [0, 0.05) is 61.0 Å². The number of fused-ring (bicyclic) bond motifs is 2. The summed E-state index contributed by atoms with van der Waals surface area (Å²) < 4.78 is 12.2. The Morgan fingerprint density at radius 3 is 2.75 bits per heavy atom. The predicted octanol–water partition coefficient (Wildman–Crippen LogP) is 4.31. The first-order valence-corrected chi connectivity index (χ1v) is 15.8. The maximum atomic E-state index is 12.8. The molecule has 0 bridgehead atoms. The zero-order valence-electron chi connectivity index (χ0n) is 26.3. The Labute approximate surface area is 260 Å². The summed E-state index contributed by atoms with van der Waals surface area (Å²) in [5.74, 6) is 1.20. The third-order valence-electron chi connectivity index (χ3n) is 8.97. The van der Waals surface area contributed by atoms with Crippen molar-refractivity contribution in [2.75, 3.05) is 56.2 Å². The number of hydrogen-bond acceptors (Lipinski definition) is 10. The molecule has 44 heavy (non-hydrogen) atoms. The summed E-state index contributed by atoms with van der Waals surface area (Å²) in [6, 6.07) is 15.3. The lowest BCUT2D eigenvalue weighted by Crippen LogP contribution is -2.51. The molecule has 1 aromatic heterocycles. The van der Waals surface area contributed by atoms with Crippen LogP contribution in [0.2, 0.25) is 0 Å². The van der Waals surface area contributed by atoms with Gasteiger partial charge in [-0.05, 0) is 65.1 Å². The Morgan fingerprint density at radius 1 is 1.14 bits per heavy atom. The van der Waals surface area contributed by atoms with Gasteiger partial charge in [-0.3, -0.25) is 4.79 Å². The van der Waals surface area contributed by atoms with Crippen LogP contribution in [0.1, 0.15) is 51.3 Å². The molecule has 1 unspecified atom stereocenters. The maximum Gasteiger partial charge on any atom is 0.318 e. The summed E-state index contributed by atoms with van der Waals surface area (Å²) in [6.45, 7) is 10.9. The van der Waals surface area contributed by atoms with Crippen molar-refractivity contribution in [3.63, 3.8) is 0 Å². The van der Waals surface area contributed by atoms with Gasteiger partial charge in [-0.1, -0.05) is 24.3 Å². The quantitative estimate of drug-likeness (QED) is 0.313. The molecular formula is C34H43N7O3. The summed E-state index contributed by atoms with van der Waals surface area (Å²) in [7, 11) is 2.14. The molecule has 10 nitrogen and oxygen atoms in total. The predicted molar refractivity (Wildman–Crippen MR) is 171 cm³/mol. The second-order valence-corrected chi connectivity index (χ2v) is 13.3. The number of esters is 1. The number of likely N-dealkylation sites (N-methyl/N-ethyl adjacent to an activating group) is 1. The van der Waals surface area contributed by atoms with E-state index in [0.717, 1.165) is 79.1 Å². The smallest absolute Gasteiger partial charge is 0.318 e. The van der Waals surface area contributed by atoms with Crippen LogP contribution in [0.15, 0.2) is 36.4 Å². The lowest BCUT2D eigenvalue weighted by molar-refractivity contribution is -0.142. The molecule has 1 N–H and O–H groups in total. The van der Waals surface area contributed by atoms with Crippen molar-refractivity contribution in [1.82, 2.24) is 20.2 Å². The number of aromatic nitrogens is 2. The molecule has 4 heterocycles. The summed E-state index contributed by atoms with van der Waals surface area (Å²) in [5, 5.41) is 14.9. The van der Waals surface area contributed by atoms with Crippen LogP contribution < -0.4 is 24.6 Å². The van der Waals surface area contributed by atoms with Gasteiger partial charge >= 0.3 is 12.0 Å². The number of hydrogen-bond donors (Lipinski definition) is 1. The third-order valence-corrected chi connectivity index (χ3v) is 8.97. The summed E-state index contributed by atoms with van der Waals surface area (Å²) in [4.78, 5) is 29.7. The third kappa shape index (κ3) is 6.44. The standard InChI is InChI=1S/C34H43N7O3/c1-34(2,3)32(42)44-26-18-23-8-5-6-10-27(23)30(19-26)40-16-12-28-29(21-40)37-33(43-22-25-9-7-15-39(25)4)38-31(28)41-17-14-36-24(20-41)11-13-35/h5-6,8,10,18-19,24-25,36H,7,9,11-12,14-17,20-22H2,1-4H3/t24?,25-/m0/s1. The van der Waals surface area contributed by atoms with Gasteiger partial charge < -0.3 is 29.5 Å². The molecule has 0 radical (unpaired) electrons. The molecule has 2 aromatic carbocycles. The SMILES string of the molecule is CN1CCC[C@H]1COc1nc2c(c(N3CCNC(CC#N)C3)n1)CCN(c1cc(OC(=O)C(C)(C)C)cc3ccccc13)C2. The molecule has 2 saturated heterocycles. The van der Waals surface area contributed by atoms with Gasteiger partial charge in [0.1, 0.15) is 18.2 Å². The number of benzene rings is 2. The Hall–Kier alpha value is -3.94. The average Bonchev–Trinajstić information content (AvgIpc) is 3.43. The van der Waals surface area contributed by atoms with Crippen LogP contribution in [-0.4, -0.2) is 79.3 Å². The fourth-order valence-electron chi connectivity index (χ4n) is 6.39. The minimum absolute atomic E-state index is 0.0980. The molecule has 3 aliphatic heterocycles. The molecule has 10 heteroatoms. The molecule has 0 aliphatic carbocycles. The zero-order chi connectivity index (χ0) is 30.8. The summed E-state index contributed by atoms with van der Waals surface area (Å²) >= 11 is 0. The first-order valence-electron chi connectivity index (χ1n) is 15.8. The van der Waals surface area contributed by atoms with Crippen LogP contribution in [-0.2, 0) is 17.8 Å². The van der Waals surface area contributed by atoms with E-state index >= 15 is 0 Å². The Morgan fingerprint density at radius 2 is 1.98 bits per heavy atom. The van der Waals surface area contributed by atoms with E-state index in [0.29, 0.717) is 37.4 Å². The minimum atomic E-state index is -0.608. The van der Waals surface area contributed by atoms with Crippen molar-refractivity contribution in [3.8, 4) is 17.8 Å². The highest BCUT2D eigenvalue weighted by Crippen LogP contribution is 2.37. The van der Waals surface area contributed by atoms with Gasteiger partial charge in [0.05, 0.1) is 30.1 Å². The molecule has 3 aromatic rings. The van der Waals surface area contributed by atoms with E-state index in [4.69, 9.17) is 19.4 Å². The molecule has 2 atom stereocenters.